The molecule has 1 aliphatic carbocycles. The number of ether oxygens (including phenoxy) is 4. The first-order valence-corrected chi connectivity index (χ1v) is 8.34. The maximum Gasteiger partial charge on any atom is 0.334 e. The fraction of sp³-hybridized carbons (Fsp3) is 0.611. The summed E-state index contributed by atoms with van der Waals surface area (Å²) in [7, 11) is 0. The molecule has 0 bridgehead atoms. The molecule has 1 aliphatic heterocycles. The average Bonchev–Trinajstić information content (AvgIpc) is 3.40. The third-order valence-corrected chi connectivity index (χ3v) is 4.20. The summed E-state index contributed by atoms with van der Waals surface area (Å²) in [5.74, 6) is -1.57. The summed E-state index contributed by atoms with van der Waals surface area (Å²) in [5.41, 5.74) is -0.459. The minimum Gasteiger partial charge on any atom is -0.461 e. The summed E-state index contributed by atoms with van der Waals surface area (Å²) >= 11 is 0. The van der Waals surface area contributed by atoms with Crippen molar-refractivity contribution in [3.63, 3.8) is 0 Å². The molecule has 7 heteroatoms. The molecule has 2 unspecified atom stereocenters. The normalized spacial score (nSPS) is 24.7. The van der Waals surface area contributed by atoms with Gasteiger partial charge in [-0.25, -0.2) is 9.59 Å². The zero-order chi connectivity index (χ0) is 18.4. The molecule has 2 atom stereocenters. The van der Waals surface area contributed by atoms with Crippen molar-refractivity contribution >= 4 is 17.9 Å². The molecular weight excluding hydrogens is 328 g/mol. The van der Waals surface area contributed by atoms with Crippen LogP contribution in [0.1, 0.15) is 33.1 Å². The lowest BCUT2D eigenvalue weighted by atomic mass is 9.74. The van der Waals surface area contributed by atoms with Crippen molar-refractivity contribution in [2.45, 2.75) is 39.2 Å². The highest BCUT2D eigenvalue weighted by Crippen LogP contribution is 2.39. The Morgan fingerprint density at radius 3 is 2.60 bits per heavy atom. The largest absolute Gasteiger partial charge is 0.461 e. The van der Waals surface area contributed by atoms with Crippen LogP contribution < -0.4 is 0 Å². The van der Waals surface area contributed by atoms with Gasteiger partial charge in [-0.15, -0.1) is 0 Å². The Kier molecular flexibility index (Phi) is 6.36. The van der Waals surface area contributed by atoms with Gasteiger partial charge in [0.2, 0.25) is 0 Å². The van der Waals surface area contributed by atoms with Crippen LogP contribution in [0.25, 0.3) is 0 Å². The van der Waals surface area contributed by atoms with E-state index in [4.69, 9.17) is 18.9 Å². The van der Waals surface area contributed by atoms with E-state index in [1.807, 2.05) is 0 Å². The second-order valence-corrected chi connectivity index (χ2v) is 6.45. The topological polar surface area (TPSA) is 91.4 Å². The SMILES string of the molecule is C=C(C)C(=O)OCCOC(=O)C1(C)CCCC=C1C(=O)OCC1CO1. The Balaban J connectivity index is 1.88. The molecule has 0 N–H and O–H groups in total. The van der Waals surface area contributed by atoms with Crippen LogP contribution in [0.3, 0.4) is 0 Å². The smallest absolute Gasteiger partial charge is 0.334 e. The van der Waals surface area contributed by atoms with E-state index in [1.54, 1.807) is 13.0 Å². The number of allylic oxidation sites excluding steroid dienone is 1. The van der Waals surface area contributed by atoms with Gasteiger partial charge in [0.25, 0.3) is 0 Å². The van der Waals surface area contributed by atoms with Crippen molar-refractivity contribution in [3.05, 3.63) is 23.8 Å². The van der Waals surface area contributed by atoms with Crippen molar-refractivity contribution in [1.29, 1.82) is 0 Å². The molecule has 2 rings (SSSR count). The van der Waals surface area contributed by atoms with Gasteiger partial charge in [0.05, 0.1) is 17.6 Å². The van der Waals surface area contributed by atoms with Crippen LogP contribution in [-0.4, -0.2) is 50.4 Å². The number of hydrogen-bond donors (Lipinski definition) is 0. The number of epoxide rings is 1. The molecule has 7 nitrogen and oxygen atoms in total. The molecule has 0 radical (unpaired) electrons. The number of esters is 3. The summed E-state index contributed by atoms with van der Waals surface area (Å²) in [4.78, 5) is 36.1. The first-order chi connectivity index (χ1) is 11.8. The van der Waals surface area contributed by atoms with Crippen LogP contribution in [0.15, 0.2) is 23.8 Å². The molecule has 138 valence electrons. The molecule has 2 aliphatic rings. The van der Waals surface area contributed by atoms with Crippen LogP contribution in [0.4, 0.5) is 0 Å². The van der Waals surface area contributed by atoms with Crippen molar-refractivity contribution in [2.24, 2.45) is 5.41 Å². The van der Waals surface area contributed by atoms with Crippen molar-refractivity contribution in [3.8, 4) is 0 Å². The summed E-state index contributed by atoms with van der Waals surface area (Å²) < 4.78 is 20.3. The van der Waals surface area contributed by atoms with Crippen LogP contribution >= 0.6 is 0 Å². The number of carbonyl (C=O) groups excluding carboxylic acids is 3. The van der Waals surface area contributed by atoms with Gasteiger partial charge in [0.1, 0.15) is 25.9 Å². The predicted molar refractivity (Wildman–Crippen MR) is 87.5 cm³/mol. The van der Waals surface area contributed by atoms with Crippen LogP contribution in [0.2, 0.25) is 0 Å². The first kappa shape index (κ1) is 19.2. The molecule has 25 heavy (non-hydrogen) atoms. The van der Waals surface area contributed by atoms with Gasteiger partial charge < -0.3 is 18.9 Å². The lowest BCUT2D eigenvalue weighted by Crippen LogP contribution is -2.38. The van der Waals surface area contributed by atoms with Crippen LogP contribution in [0, 0.1) is 5.41 Å². The van der Waals surface area contributed by atoms with Gasteiger partial charge in [0.15, 0.2) is 0 Å². The fourth-order valence-electron chi connectivity index (χ4n) is 2.54. The van der Waals surface area contributed by atoms with Gasteiger partial charge in [-0.05, 0) is 33.1 Å². The molecule has 0 saturated carbocycles. The summed E-state index contributed by atoms with van der Waals surface area (Å²) in [6.45, 7) is 7.32. The van der Waals surface area contributed by atoms with Crippen molar-refractivity contribution in [2.75, 3.05) is 26.4 Å². The lowest BCUT2D eigenvalue weighted by Gasteiger charge is -2.31. The number of carbonyl (C=O) groups is 3. The zero-order valence-electron chi connectivity index (χ0n) is 14.7. The molecule has 0 spiro atoms. The predicted octanol–water partition coefficient (Wildman–Crippen LogP) is 1.71. The second kappa shape index (κ2) is 8.29. The van der Waals surface area contributed by atoms with E-state index in [-0.39, 0.29) is 31.5 Å². The van der Waals surface area contributed by atoms with E-state index in [9.17, 15) is 14.4 Å². The standard InChI is InChI=1S/C18H24O7/c1-12(2)15(19)22-8-9-23-17(21)18(3)7-5-4-6-14(18)16(20)25-11-13-10-24-13/h6,13H,1,4-5,7-11H2,2-3H3. The third kappa shape index (κ3) is 5.16. The minimum atomic E-state index is -1.06. The Bertz CT molecular complexity index is 588. The Hall–Kier alpha value is -2.15. The molecular formula is C18H24O7. The van der Waals surface area contributed by atoms with Gasteiger partial charge in [0, 0.05) is 5.57 Å². The zero-order valence-corrected chi connectivity index (χ0v) is 14.7. The fourth-order valence-corrected chi connectivity index (χ4v) is 2.54. The van der Waals surface area contributed by atoms with Crippen LogP contribution in [-0.2, 0) is 33.3 Å². The second-order valence-electron chi connectivity index (χ2n) is 6.45. The molecule has 1 heterocycles. The molecule has 0 amide bonds. The average molecular weight is 352 g/mol. The maximum atomic E-state index is 12.5. The molecule has 1 saturated heterocycles. The third-order valence-electron chi connectivity index (χ3n) is 4.20. The number of hydrogen-bond acceptors (Lipinski definition) is 7. The van der Waals surface area contributed by atoms with Gasteiger partial charge in [-0.1, -0.05) is 12.7 Å². The Morgan fingerprint density at radius 1 is 1.28 bits per heavy atom. The van der Waals surface area contributed by atoms with E-state index < -0.39 is 23.3 Å². The highest BCUT2D eigenvalue weighted by Gasteiger charge is 2.44. The van der Waals surface area contributed by atoms with E-state index in [0.29, 0.717) is 25.0 Å². The molecule has 1 fully saturated rings. The van der Waals surface area contributed by atoms with Gasteiger partial charge in [-0.2, -0.15) is 0 Å². The summed E-state index contributed by atoms with van der Waals surface area (Å²) in [5, 5.41) is 0. The maximum absolute atomic E-state index is 12.5. The van der Waals surface area contributed by atoms with Crippen molar-refractivity contribution in [1.82, 2.24) is 0 Å². The molecule has 0 aromatic carbocycles. The Labute approximate surface area is 146 Å². The monoisotopic (exact) mass is 352 g/mol. The van der Waals surface area contributed by atoms with Crippen LogP contribution in [0.5, 0.6) is 0 Å². The molecule has 0 aromatic heterocycles. The van der Waals surface area contributed by atoms with E-state index in [2.05, 4.69) is 6.58 Å². The van der Waals surface area contributed by atoms with Crippen molar-refractivity contribution < 1.29 is 33.3 Å². The van der Waals surface area contributed by atoms with Gasteiger partial charge in [-0.3, -0.25) is 4.79 Å². The highest BCUT2D eigenvalue weighted by molar-refractivity contribution is 5.98. The van der Waals surface area contributed by atoms with Gasteiger partial charge >= 0.3 is 17.9 Å². The number of rotatable bonds is 8. The lowest BCUT2D eigenvalue weighted by molar-refractivity contribution is -0.160. The molecule has 0 aromatic rings. The highest BCUT2D eigenvalue weighted by atomic mass is 16.6. The summed E-state index contributed by atoms with van der Waals surface area (Å²) in [6.07, 6.45) is 3.69. The Morgan fingerprint density at radius 2 is 1.96 bits per heavy atom. The van der Waals surface area contributed by atoms with E-state index in [0.717, 1.165) is 6.42 Å². The van der Waals surface area contributed by atoms with E-state index in [1.165, 1.54) is 6.92 Å². The first-order valence-electron chi connectivity index (χ1n) is 8.34. The van der Waals surface area contributed by atoms with E-state index >= 15 is 0 Å². The minimum absolute atomic E-state index is 0.0330. The summed E-state index contributed by atoms with van der Waals surface area (Å²) in [6, 6.07) is 0. The quantitative estimate of drug-likeness (QED) is 0.216.